The fraction of sp³-hybridized carbons (Fsp3) is 0.700. The molecule has 0 aliphatic heterocycles. The Hall–Kier alpha value is -1.04. The monoisotopic (exact) mass is 358 g/mol. The molecule has 0 fully saturated rings. The predicted octanol–water partition coefficient (Wildman–Crippen LogP) is 5.52. The molecule has 0 aliphatic carbocycles. The van der Waals surface area contributed by atoms with Crippen LogP contribution in [0.4, 0.5) is 8.78 Å². The van der Waals surface area contributed by atoms with Gasteiger partial charge in [-0.1, -0.05) is 51.5 Å². The van der Waals surface area contributed by atoms with Crippen molar-refractivity contribution in [2.24, 2.45) is 0 Å². The molecular weight excluding hydrogens is 326 g/mol. The first-order chi connectivity index (χ1) is 12.0. The predicted molar refractivity (Wildman–Crippen MR) is 95.3 cm³/mol. The summed E-state index contributed by atoms with van der Waals surface area (Å²) in [7, 11) is 0. The van der Waals surface area contributed by atoms with E-state index in [2.05, 4.69) is 6.92 Å². The second-order valence-electron chi connectivity index (χ2n) is 6.27. The van der Waals surface area contributed by atoms with Gasteiger partial charge in [-0.3, -0.25) is 0 Å². The Labute approximate surface area is 150 Å². The molecule has 144 valence electrons. The highest BCUT2D eigenvalue weighted by Crippen LogP contribution is 2.37. The third-order valence-corrected chi connectivity index (χ3v) is 4.33. The fourth-order valence-corrected chi connectivity index (χ4v) is 3.10. The number of aliphatic hydroxyl groups is 1. The number of benzene rings is 1. The molecule has 1 aromatic carbocycles. The van der Waals surface area contributed by atoms with Crippen molar-refractivity contribution in [2.45, 2.75) is 77.6 Å². The van der Waals surface area contributed by atoms with E-state index in [0.29, 0.717) is 6.42 Å². The van der Waals surface area contributed by atoms with Crippen LogP contribution < -0.4 is 0 Å². The zero-order valence-electron chi connectivity index (χ0n) is 15.7. The summed E-state index contributed by atoms with van der Waals surface area (Å²) in [6.45, 7) is 6.11. The normalized spacial score (nSPS) is 13.2. The first-order valence-corrected chi connectivity index (χ1v) is 9.43. The summed E-state index contributed by atoms with van der Waals surface area (Å²) in [5.41, 5.74) is 0.222. The third-order valence-electron chi connectivity index (χ3n) is 4.33. The van der Waals surface area contributed by atoms with E-state index < -0.39 is 23.5 Å². The molecule has 0 amide bonds. The van der Waals surface area contributed by atoms with E-state index in [9.17, 15) is 13.9 Å². The van der Waals surface area contributed by atoms with Gasteiger partial charge in [0.05, 0.1) is 5.92 Å². The first kappa shape index (κ1) is 22.0. The molecule has 1 rings (SSSR count). The van der Waals surface area contributed by atoms with Crippen molar-refractivity contribution in [1.29, 1.82) is 0 Å². The molecule has 0 heterocycles. The molecule has 0 spiro atoms. The second kappa shape index (κ2) is 11.6. The summed E-state index contributed by atoms with van der Waals surface area (Å²) < 4.78 is 38.5. The average Bonchev–Trinajstić information content (AvgIpc) is 2.55. The van der Waals surface area contributed by atoms with Crippen LogP contribution in [0.25, 0.3) is 0 Å². The number of ether oxygens (including phenoxy) is 2. The Balaban J connectivity index is 2.92. The third kappa shape index (κ3) is 7.00. The number of unbranched alkanes of at least 4 members (excludes halogenated alkanes) is 5. The zero-order chi connectivity index (χ0) is 18.7. The van der Waals surface area contributed by atoms with Crippen molar-refractivity contribution in [1.82, 2.24) is 0 Å². The minimum absolute atomic E-state index is 0.222. The van der Waals surface area contributed by atoms with Gasteiger partial charge in [0.1, 0.15) is 11.6 Å². The fourth-order valence-electron chi connectivity index (χ4n) is 3.10. The molecule has 0 aliphatic rings. The Morgan fingerprint density at radius 2 is 1.56 bits per heavy atom. The van der Waals surface area contributed by atoms with Crippen LogP contribution in [0.5, 0.6) is 0 Å². The van der Waals surface area contributed by atoms with E-state index >= 15 is 0 Å². The molecule has 5 heteroatoms. The minimum atomic E-state index is -1.91. The molecule has 0 bridgehead atoms. The molecule has 0 aromatic heterocycles. The van der Waals surface area contributed by atoms with Gasteiger partial charge in [-0.05, 0) is 31.9 Å². The van der Waals surface area contributed by atoms with Gasteiger partial charge in [0.15, 0.2) is 0 Å². The van der Waals surface area contributed by atoms with Crippen LogP contribution in [0.2, 0.25) is 0 Å². The standard InChI is InChI=1S/C20H32F2O3/c1-4-7-8-9-10-11-12-18(20(23,24-5-2)25-6-3)17-14-13-16(21)15-19(17)22/h13-15,18,23H,4-12H2,1-3H3. The van der Waals surface area contributed by atoms with E-state index in [0.717, 1.165) is 25.3 Å². The maximum absolute atomic E-state index is 14.3. The van der Waals surface area contributed by atoms with E-state index in [4.69, 9.17) is 9.47 Å². The molecule has 0 saturated heterocycles. The Kier molecular flexibility index (Phi) is 10.2. The molecule has 25 heavy (non-hydrogen) atoms. The van der Waals surface area contributed by atoms with Gasteiger partial charge in [-0.2, -0.15) is 0 Å². The quantitative estimate of drug-likeness (QED) is 0.373. The number of hydrogen-bond donors (Lipinski definition) is 1. The van der Waals surface area contributed by atoms with Crippen LogP contribution in [0, 0.1) is 11.6 Å². The second-order valence-corrected chi connectivity index (χ2v) is 6.27. The highest BCUT2D eigenvalue weighted by atomic mass is 19.1. The van der Waals surface area contributed by atoms with Gasteiger partial charge in [0.25, 0.3) is 5.97 Å². The van der Waals surface area contributed by atoms with Crippen molar-refractivity contribution >= 4 is 0 Å². The zero-order valence-corrected chi connectivity index (χ0v) is 15.7. The van der Waals surface area contributed by atoms with Gasteiger partial charge < -0.3 is 14.6 Å². The minimum Gasteiger partial charge on any atom is -0.343 e. The topological polar surface area (TPSA) is 38.7 Å². The van der Waals surface area contributed by atoms with E-state index in [1.807, 2.05) is 0 Å². The van der Waals surface area contributed by atoms with Gasteiger partial charge in [-0.25, -0.2) is 8.78 Å². The lowest BCUT2D eigenvalue weighted by atomic mass is 9.90. The molecular formula is C20H32F2O3. The molecule has 1 N–H and O–H groups in total. The van der Waals surface area contributed by atoms with E-state index in [1.54, 1.807) is 13.8 Å². The smallest absolute Gasteiger partial charge is 0.287 e. The molecule has 1 unspecified atom stereocenters. The summed E-state index contributed by atoms with van der Waals surface area (Å²) >= 11 is 0. The Bertz CT molecular complexity index is 488. The lowest BCUT2D eigenvalue weighted by molar-refractivity contribution is -0.370. The van der Waals surface area contributed by atoms with Crippen LogP contribution >= 0.6 is 0 Å². The molecule has 1 atom stereocenters. The van der Waals surface area contributed by atoms with Crippen LogP contribution in [0.15, 0.2) is 18.2 Å². The summed E-state index contributed by atoms with van der Waals surface area (Å²) in [5.74, 6) is -3.95. The van der Waals surface area contributed by atoms with Gasteiger partial charge in [-0.15, -0.1) is 0 Å². The van der Waals surface area contributed by atoms with Crippen molar-refractivity contribution < 1.29 is 23.4 Å². The SMILES string of the molecule is CCCCCCCCC(c1ccc(F)cc1F)C(O)(OCC)OCC. The molecule has 0 radical (unpaired) electrons. The number of halogens is 2. The first-order valence-electron chi connectivity index (χ1n) is 9.43. The average molecular weight is 358 g/mol. The molecule has 0 saturated carbocycles. The Morgan fingerprint density at radius 1 is 0.960 bits per heavy atom. The molecule has 3 nitrogen and oxygen atoms in total. The highest BCUT2D eigenvalue weighted by Gasteiger charge is 2.41. The lowest BCUT2D eigenvalue weighted by Crippen LogP contribution is -2.43. The molecule has 1 aromatic rings. The van der Waals surface area contributed by atoms with Crippen molar-refractivity contribution in [3.63, 3.8) is 0 Å². The van der Waals surface area contributed by atoms with Gasteiger partial charge in [0.2, 0.25) is 0 Å². The van der Waals surface area contributed by atoms with E-state index in [1.165, 1.54) is 31.4 Å². The van der Waals surface area contributed by atoms with Crippen LogP contribution in [0.3, 0.4) is 0 Å². The number of hydrogen-bond acceptors (Lipinski definition) is 3. The summed E-state index contributed by atoms with van der Waals surface area (Å²) in [4.78, 5) is 0. The van der Waals surface area contributed by atoms with Crippen LogP contribution in [0.1, 0.15) is 77.2 Å². The van der Waals surface area contributed by atoms with Crippen LogP contribution in [-0.4, -0.2) is 24.3 Å². The van der Waals surface area contributed by atoms with Crippen molar-refractivity contribution in [3.05, 3.63) is 35.4 Å². The van der Waals surface area contributed by atoms with Gasteiger partial charge in [0, 0.05) is 19.3 Å². The summed E-state index contributed by atoms with van der Waals surface area (Å²) in [6.07, 6.45) is 6.98. The largest absolute Gasteiger partial charge is 0.343 e. The lowest BCUT2D eigenvalue weighted by Gasteiger charge is -2.35. The van der Waals surface area contributed by atoms with E-state index in [-0.39, 0.29) is 18.8 Å². The summed E-state index contributed by atoms with van der Waals surface area (Å²) in [5, 5.41) is 10.9. The number of rotatable bonds is 13. The highest BCUT2D eigenvalue weighted by molar-refractivity contribution is 5.24. The van der Waals surface area contributed by atoms with Crippen molar-refractivity contribution in [2.75, 3.05) is 13.2 Å². The maximum Gasteiger partial charge on any atom is 0.287 e. The van der Waals surface area contributed by atoms with Crippen molar-refractivity contribution in [3.8, 4) is 0 Å². The summed E-state index contributed by atoms with van der Waals surface area (Å²) in [6, 6.07) is 3.41. The van der Waals surface area contributed by atoms with Gasteiger partial charge >= 0.3 is 0 Å². The van der Waals surface area contributed by atoms with Crippen LogP contribution in [-0.2, 0) is 9.47 Å². The Morgan fingerprint density at radius 3 is 2.12 bits per heavy atom. The maximum atomic E-state index is 14.3.